The van der Waals surface area contributed by atoms with Gasteiger partial charge in [0, 0.05) is 31.8 Å². The van der Waals surface area contributed by atoms with Gasteiger partial charge < -0.3 is 15.4 Å². The Kier molecular flexibility index (Phi) is 9.16. The highest BCUT2D eigenvalue weighted by Crippen LogP contribution is 2.32. The molecular formula is C27H27F4N5O2. The van der Waals surface area contributed by atoms with Crippen molar-refractivity contribution in [3.8, 4) is 11.5 Å². The highest BCUT2D eigenvalue weighted by Gasteiger charge is 2.22. The molecule has 2 heterocycles. The average molecular weight is 530 g/mol. The highest BCUT2D eigenvalue weighted by atomic mass is 19.2. The summed E-state index contributed by atoms with van der Waals surface area (Å²) in [4.78, 5) is 24.7. The Morgan fingerprint density at radius 2 is 1.76 bits per heavy atom. The van der Waals surface area contributed by atoms with Crippen molar-refractivity contribution < 1.29 is 27.1 Å². The molecule has 1 amide bonds. The normalized spacial score (nSPS) is 13.1. The van der Waals surface area contributed by atoms with E-state index in [-0.39, 0.29) is 34.3 Å². The Morgan fingerprint density at radius 1 is 1.08 bits per heavy atom. The van der Waals surface area contributed by atoms with Gasteiger partial charge in [-0.2, -0.15) is 4.39 Å². The first-order valence-corrected chi connectivity index (χ1v) is 11.7. The molecule has 2 aromatic carbocycles. The number of rotatable bonds is 5. The minimum absolute atomic E-state index is 0.0563. The van der Waals surface area contributed by atoms with Gasteiger partial charge in [0.05, 0.1) is 17.0 Å². The molecule has 200 valence electrons. The first-order valence-electron chi connectivity index (χ1n) is 11.7. The van der Waals surface area contributed by atoms with Crippen LogP contribution >= 0.6 is 0 Å². The number of nitrogens with two attached hydrogens (primary N) is 1. The fourth-order valence-electron chi connectivity index (χ4n) is 3.88. The zero-order valence-electron chi connectivity index (χ0n) is 21.2. The molecule has 4 rings (SSSR count). The quantitative estimate of drug-likeness (QED) is 0.210. The summed E-state index contributed by atoms with van der Waals surface area (Å²) in [6.07, 6.45) is 4.96. The molecule has 1 aromatic heterocycles. The number of aliphatic imine (C=N–C) groups is 1. The Balaban J connectivity index is 0.000000375. The number of aryl methyl sites for hydroxylation is 2. The molecule has 0 bridgehead atoms. The van der Waals surface area contributed by atoms with Gasteiger partial charge in [0.15, 0.2) is 11.6 Å². The number of hydrogen-bond donors (Lipinski definition) is 1. The molecule has 11 heteroatoms. The molecule has 0 unspecified atom stereocenters. The van der Waals surface area contributed by atoms with Gasteiger partial charge in [0.2, 0.25) is 17.5 Å². The standard InChI is InChI=1S/C20H16F4N4O.C7H11NO/c1-9-6-14(22)17(24)19(16(9)23)29-11-4-5-12(13(21)7-11)18(26-3)15-10(2)27-8-28-20(15)25;1-2-7(9)8-5-3-4-6-8/h4-8H,1-3H3,(H2,25,27,28);2H,1,3-6H2. The molecule has 1 saturated heterocycles. The number of anilines is 1. The maximum absolute atomic E-state index is 14.8. The predicted molar refractivity (Wildman–Crippen MR) is 136 cm³/mol. The Hall–Kier alpha value is -4.28. The maximum Gasteiger partial charge on any atom is 0.245 e. The van der Waals surface area contributed by atoms with Crippen LogP contribution in [0.25, 0.3) is 0 Å². The topological polar surface area (TPSA) is 93.7 Å². The van der Waals surface area contributed by atoms with E-state index in [9.17, 15) is 22.4 Å². The smallest absolute Gasteiger partial charge is 0.245 e. The third kappa shape index (κ3) is 6.16. The van der Waals surface area contributed by atoms with Gasteiger partial charge >= 0.3 is 0 Å². The van der Waals surface area contributed by atoms with Crippen LogP contribution in [0.1, 0.15) is 35.2 Å². The lowest BCUT2D eigenvalue weighted by atomic mass is 10.0. The minimum atomic E-state index is -1.50. The summed E-state index contributed by atoms with van der Waals surface area (Å²) < 4.78 is 61.5. The number of benzene rings is 2. The molecule has 0 aliphatic carbocycles. The third-order valence-corrected chi connectivity index (χ3v) is 5.83. The maximum atomic E-state index is 14.8. The summed E-state index contributed by atoms with van der Waals surface area (Å²) >= 11 is 0. The number of nitrogens with zero attached hydrogens (tertiary/aromatic N) is 4. The van der Waals surface area contributed by atoms with E-state index < -0.39 is 29.0 Å². The fraction of sp³-hybridized carbons (Fsp3) is 0.259. The lowest BCUT2D eigenvalue weighted by Gasteiger charge is -2.14. The molecule has 1 fully saturated rings. The van der Waals surface area contributed by atoms with Crippen molar-refractivity contribution in [3.05, 3.63) is 88.9 Å². The van der Waals surface area contributed by atoms with Crippen molar-refractivity contribution >= 4 is 17.4 Å². The fourth-order valence-corrected chi connectivity index (χ4v) is 3.88. The summed E-state index contributed by atoms with van der Waals surface area (Å²) in [7, 11) is 1.45. The van der Waals surface area contributed by atoms with Crippen LogP contribution in [-0.2, 0) is 4.79 Å². The first kappa shape index (κ1) is 28.3. The monoisotopic (exact) mass is 529 g/mol. The van der Waals surface area contributed by atoms with Gasteiger partial charge in [-0.15, -0.1) is 0 Å². The lowest BCUT2D eigenvalue weighted by molar-refractivity contribution is -0.124. The lowest BCUT2D eigenvalue weighted by Crippen LogP contribution is -2.25. The van der Waals surface area contributed by atoms with Crippen LogP contribution in [0.2, 0.25) is 0 Å². The molecule has 3 aromatic rings. The van der Waals surface area contributed by atoms with Crippen molar-refractivity contribution in [2.75, 3.05) is 25.9 Å². The molecular weight excluding hydrogens is 502 g/mol. The van der Waals surface area contributed by atoms with E-state index in [1.54, 1.807) is 6.92 Å². The molecule has 0 saturated carbocycles. The summed E-state index contributed by atoms with van der Waals surface area (Å²) in [5.41, 5.74) is 6.85. The molecule has 38 heavy (non-hydrogen) atoms. The number of aromatic nitrogens is 2. The summed E-state index contributed by atoms with van der Waals surface area (Å²) in [6, 6.07) is 4.20. The molecule has 0 spiro atoms. The number of nitrogen functional groups attached to an aromatic ring is 1. The van der Waals surface area contributed by atoms with Gasteiger partial charge in [-0.05, 0) is 56.5 Å². The first-order chi connectivity index (χ1) is 18.1. The van der Waals surface area contributed by atoms with E-state index in [2.05, 4.69) is 21.5 Å². The van der Waals surface area contributed by atoms with Crippen molar-refractivity contribution in [1.82, 2.24) is 14.9 Å². The zero-order chi connectivity index (χ0) is 28.0. The molecule has 1 aliphatic heterocycles. The van der Waals surface area contributed by atoms with Gasteiger partial charge in [0.25, 0.3) is 0 Å². The van der Waals surface area contributed by atoms with E-state index in [4.69, 9.17) is 10.5 Å². The van der Waals surface area contributed by atoms with Gasteiger partial charge in [0.1, 0.15) is 23.7 Å². The third-order valence-electron chi connectivity index (χ3n) is 5.83. The molecule has 7 nitrogen and oxygen atoms in total. The molecule has 1 aliphatic rings. The average Bonchev–Trinajstić information content (AvgIpc) is 3.43. The van der Waals surface area contributed by atoms with E-state index in [0.29, 0.717) is 17.3 Å². The van der Waals surface area contributed by atoms with Crippen LogP contribution in [0.15, 0.2) is 48.2 Å². The number of carbonyl (C=O) groups is 1. The zero-order valence-corrected chi connectivity index (χ0v) is 21.2. The van der Waals surface area contributed by atoms with Crippen LogP contribution < -0.4 is 10.5 Å². The number of amides is 1. The number of carbonyl (C=O) groups excluding carboxylic acids is 1. The number of hydrogen-bond acceptors (Lipinski definition) is 6. The Morgan fingerprint density at radius 3 is 2.34 bits per heavy atom. The molecule has 0 atom stereocenters. The van der Waals surface area contributed by atoms with Crippen LogP contribution in [0.4, 0.5) is 23.4 Å². The second-order valence-corrected chi connectivity index (χ2v) is 8.40. The largest absolute Gasteiger partial charge is 0.451 e. The Bertz CT molecular complexity index is 1340. The van der Waals surface area contributed by atoms with E-state index in [1.807, 2.05) is 4.90 Å². The SMILES string of the molecule is C=CC(=O)N1CCCC1.CN=C(c1ccc(Oc2c(F)c(C)cc(F)c2F)cc1F)c1c(C)ncnc1N. The van der Waals surface area contributed by atoms with E-state index in [0.717, 1.165) is 32.0 Å². The van der Waals surface area contributed by atoms with Gasteiger partial charge in [-0.1, -0.05) is 6.58 Å². The van der Waals surface area contributed by atoms with Crippen molar-refractivity contribution in [2.45, 2.75) is 26.7 Å². The van der Waals surface area contributed by atoms with Gasteiger partial charge in [-0.3, -0.25) is 9.79 Å². The van der Waals surface area contributed by atoms with Crippen molar-refractivity contribution in [3.63, 3.8) is 0 Å². The Labute approximate surface area is 217 Å². The van der Waals surface area contributed by atoms with Crippen molar-refractivity contribution in [2.24, 2.45) is 4.99 Å². The number of halogens is 4. The predicted octanol–water partition coefficient (Wildman–Crippen LogP) is 5.29. The molecule has 2 N–H and O–H groups in total. The highest BCUT2D eigenvalue weighted by molar-refractivity contribution is 6.16. The number of ether oxygens (including phenoxy) is 1. The summed E-state index contributed by atoms with van der Waals surface area (Å²) in [5.74, 6) is -5.61. The second-order valence-electron chi connectivity index (χ2n) is 8.40. The minimum Gasteiger partial charge on any atom is -0.451 e. The van der Waals surface area contributed by atoms with Crippen LogP contribution in [0.3, 0.4) is 0 Å². The van der Waals surface area contributed by atoms with Crippen molar-refractivity contribution in [1.29, 1.82) is 0 Å². The summed E-state index contributed by atoms with van der Waals surface area (Å²) in [6.45, 7) is 8.19. The molecule has 0 radical (unpaired) electrons. The second kappa shape index (κ2) is 12.3. The van der Waals surface area contributed by atoms with Crippen LogP contribution in [-0.4, -0.2) is 46.6 Å². The number of likely N-dealkylation sites (tertiary alicyclic amines) is 1. The van der Waals surface area contributed by atoms with Crippen LogP contribution in [0, 0.1) is 37.1 Å². The summed E-state index contributed by atoms with van der Waals surface area (Å²) in [5, 5.41) is 0. The van der Waals surface area contributed by atoms with E-state index in [1.165, 1.54) is 38.5 Å². The van der Waals surface area contributed by atoms with E-state index >= 15 is 0 Å². The van der Waals surface area contributed by atoms with Gasteiger partial charge in [-0.25, -0.2) is 23.1 Å². The van der Waals surface area contributed by atoms with Crippen LogP contribution in [0.5, 0.6) is 11.5 Å².